The molecule has 0 atom stereocenters. The molecule has 0 unspecified atom stereocenters. The third-order valence-corrected chi connectivity index (χ3v) is 4.78. The van der Waals surface area contributed by atoms with E-state index in [9.17, 15) is 9.59 Å². The van der Waals surface area contributed by atoms with Crippen LogP contribution in [0.4, 0.5) is 5.69 Å². The van der Waals surface area contributed by atoms with Crippen LogP contribution in [0.1, 0.15) is 18.2 Å². The second-order valence-corrected chi connectivity index (χ2v) is 7.00. The van der Waals surface area contributed by atoms with Gasteiger partial charge in [0.15, 0.2) is 0 Å². The highest BCUT2D eigenvalue weighted by Crippen LogP contribution is 2.17. The summed E-state index contributed by atoms with van der Waals surface area (Å²) in [6.45, 7) is 2.30. The molecule has 7 nitrogen and oxygen atoms in total. The zero-order chi connectivity index (χ0) is 21.6. The molecule has 1 amide bonds. The fraction of sp³-hybridized carbons (Fsp3) is 0.167. The van der Waals surface area contributed by atoms with Crippen molar-refractivity contribution in [3.8, 4) is 5.75 Å². The number of rotatable bonds is 7. The molecule has 2 aromatic heterocycles. The van der Waals surface area contributed by atoms with Gasteiger partial charge in [-0.2, -0.15) is 5.10 Å². The monoisotopic (exact) mass is 414 g/mol. The van der Waals surface area contributed by atoms with E-state index in [1.807, 2.05) is 37.3 Å². The Bertz CT molecular complexity index is 1250. The molecule has 7 heteroatoms. The first-order chi connectivity index (χ1) is 15.1. The molecule has 0 aliphatic rings. The van der Waals surface area contributed by atoms with Crippen LogP contribution in [0.25, 0.3) is 10.8 Å². The van der Waals surface area contributed by atoms with Gasteiger partial charge in [0.1, 0.15) is 12.3 Å². The van der Waals surface area contributed by atoms with Gasteiger partial charge in [0, 0.05) is 29.9 Å². The highest BCUT2D eigenvalue weighted by atomic mass is 16.5. The molecule has 1 N–H and O–H groups in total. The van der Waals surface area contributed by atoms with Crippen molar-refractivity contribution in [2.75, 3.05) is 11.9 Å². The summed E-state index contributed by atoms with van der Waals surface area (Å²) in [5, 5.41) is 8.62. The Morgan fingerprint density at radius 3 is 2.52 bits per heavy atom. The van der Waals surface area contributed by atoms with Gasteiger partial charge in [0.25, 0.3) is 5.56 Å². The van der Waals surface area contributed by atoms with Crippen molar-refractivity contribution in [3.63, 3.8) is 0 Å². The number of nitrogens with one attached hydrogen (secondary N) is 1. The number of hydrogen-bond acceptors (Lipinski definition) is 5. The summed E-state index contributed by atoms with van der Waals surface area (Å²) in [5.74, 6) is 0.398. The summed E-state index contributed by atoms with van der Waals surface area (Å²) in [5.41, 5.74) is 2.02. The summed E-state index contributed by atoms with van der Waals surface area (Å²) in [6.07, 6.45) is 3.99. The number of benzene rings is 2. The zero-order valence-electron chi connectivity index (χ0n) is 17.1. The molecular weight excluding hydrogens is 392 g/mol. The Morgan fingerprint density at radius 2 is 1.81 bits per heavy atom. The average Bonchev–Trinajstić information content (AvgIpc) is 2.79. The quantitative estimate of drug-likeness (QED) is 0.501. The van der Waals surface area contributed by atoms with E-state index < -0.39 is 0 Å². The van der Waals surface area contributed by atoms with Gasteiger partial charge >= 0.3 is 0 Å². The van der Waals surface area contributed by atoms with E-state index in [0.717, 1.165) is 22.4 Å². The molecule has 0 radical (unpaired) electrons. The molecule has 0 aliphatic carbocycles. The SMILES string of the molecule is CCOc1ccc(NC(=O)Cn2nc(Cc3cccnc3)c3ccccc3c2=O)cc1. The van der Waals surface area contributed by atoms with Crippen molar-refractivity contribution in [1.82, 2.24) is 14.8 Å². The second-order valence-electron chi connectivity index (χ2n) is 7.00. The van der Waals surface area contributed by atoms with Gasteiger partial charge in [-0.15, -0.1) is 0 Å². The molecule has 2 heterocycles. The molecule has 0 spiro atoms. The number of fused-ring (bicyclic) bond motifs is 1. The van der Waals surface area contributed by atoms with Gasteiger partial charge < -0.3 is 10.1 Å². The third kappa shape index (κ3) is 4.78. The normalized spacial score (nSPS) is 10.7. The molecule has 0 bridgehead atoms. The molecule has 4 rings (SSSR count). The number of aromatic nitrogens is 3. The fourth-order valence-corrected chi connectivity index (χ4v) is 3.38. The summed E-state index contributed by atoms with van der Waals surface area (Å²) in [4.78, 5) is 29.7. The van der Waals surface area contributed by atoms with Gasteiger partial charge in [0.05, 0.1) is 17.7 Å². The van der Waals surface area contributed by atoms with Gasteiger partial charge in [-0.1, -0.05) is 24.3 Å². The topological polar surface area (TPSA) is 86.1 Å². The Kier molecular flexibility index (Phi) is 6.03. The summed E-state index contributed by atoms with van der Waals surface area (Å²) < 4.78 is 6.63. The molecule has 156 valence electrons. The minimum atomic E-state index is -0.332. The van der Waals surface area contributed by atoms with E-state index in [-0.39, 0.29) is 18.0 Å². The molecule has 2 aromatic carbocycles. The van der Waals surface area contributed by atoms with Crippen LogP contribution in [0.15, 0.2) is 77.9 Å². The lowest BCUT2D eigenvalue weighted by Gasteiger charge is -2.12. The van der Waals surface area contributed by atoms with Crippen LogP contribution >= 0.6 is 0 Å². The third-order valence-electron chi connectivity index (χ3n) is 4.78. The van der Waals surface area contributed by atoms with Gasteiger partial charge in [-0.25, -0.2) is 4.68 Å². The molecule has 4 aromatic rings. The van der Waals surface area contributed by atoms with E-state index >= 15 is 0 Å². The first kappa shape index (κ1) is 20.3. The molecule has 0 saturated heterocycles. The summed E-state index contributed by atoms with van der Waals surface area (Å²) in [6, 6.07) is 18.2. The van der Waals surface area contributed by atoms with Crippen LogP contribution in [-0.2, 0) is 17.8 Å². The van der Waals surface area contributed by atoms with E-state index in [4.69, 9.17) is 4.74 Å². The van der Waals surface area contributed by atoms with Crippen molar-refractivity contribution < 1.29 is 9.53 Å². The van der Waals surface area contributed by atoms with Crippen LogP contribution in [0.5, 0.6) is 5.75 Å². The number of carbonyl (C=O) groups excluding carboxylic acids is 1. The van der Waals surface area contributed by atoms with E-state index in [0.29, 0.717) is 24.1 Å². The predicted octanol–water partition coefficient (Wildman–Crippen LogP) is 3.42. The first-order valence-electron chi connectivity index (χ1n) is 10.0. The maximum absolute atomic E-state index is 12.9. The standard InChI is InChI=1S/C24H22N4O3/c1-2-31-19-11-9-18(10-12-19)26-23(29)16-28-24(30)21-8-4-3-7-20(21)22(27-28)14-17-6-5-13-25-15-17/h3-13,15H,2,14,16H2,1H3,(H,26,29). The zero-order valence-corrected chi connectivity index (χ0v) is 17.1. The van der Waals surface area contributed by atoms with Crippen molar-refractivity contribution in [1.29, 1.82) is 0 Å². The van der Waals surface area contributed by atoms with Gasteiger partial charge in [0.2, 0.25) is 5.91 Å². The number of nitrogens with zero attached hydrogens (tertiary/aromatic N) is 3. The van der Waals surface area contributed by atoms with Crippen LogP contribution in [-0.4, -0.2) is 27.3 Å². The van der Waals surface area contributed by atoms with E-state index in [1.165, 1.54) is 4.68 Å². The summed E-state index contributed by atoms with van der Waals surface area (Å²) in [7, 11) is 0. The smallest absolute Gasteiger partial charge is 0.275 e. The average molecular weight is 414 g/mol. The van der Waals surface area contributed by atoms with Gasteiger partial charge in [-0.3, -0.25) is 14.6 Å². The Morgan fingerprint density at radius 1 is 1.03 bits per heavy atom. The van der Waals surface area contributed by atoms with Crippen LogP contribution in [0, 0.1) is 0 Å². The number of carbonyl (C=O) groups is 1. The maximum atomic E-state index is 12.9. The number of amides is 1. The lowest BCUT2D eigenvalue weighted by atomic mass is 10.1. The largest absolute Gasteiger partial charge is 0.494 e. The molecule has 31 heavy (non-hydrogen) atoms. The van der Waals surface area contributed by atoms with Crippen molar-refractivity contribution >= 4 is 22.4 Å². The number of anilines is 1. The lowest BCUT2D eigenvalue weighted by molar-refractivity contribution is -0.117. The van der Waals surface area contributed by atoms with Crippen molar-refractivity contribution in [3.05, 3.63) is 94.7 Å². The summed E-state index contributed by atoms with van der Waals surface area (Å²) >= 11 is 0. The Balaban J connectivity index is 1.60. The van der Waals surface area contributed by atoms with Crippen molar-refractivity contribution in [2.45, 2.75) is 19.9 Å². The van der Waals surface area contributed by atoms with Crippen LogP contribution in [0.2, 0.25) is 0 Å². The van der Waals surface area contributed by atoms with Gasteiger partial charge in [-0.05, 0) is 48.9 Å². The molecule has 0 aliphatic heterocycles. The molecular formula is C24H22N4O3. The van der Waals surface area contributed by atoms with Crippen LogP contribution in [0.3, 0.4) is 0 Å². The number of hydrogen-bond donors (Lipinski definition) is 1. The highest BCUT2D eigenvalue weighted by Gasteiger charge is 2.13. The van der Waals surface area contributed by atoms with E-state index in [1.54, 1.807) is 42.7 Å². The van der Waals surface area contributed by atoms with E-state index in [2.05, 4.69) is 15.4 Å². The fourth-order valence-electron chi connectivity index (χ4n) is 3.38. The first-order valence-corrected chi connectivity index (χ1v) is 10.0. The highest BCUT2D eigenvalue weighted by molar-refractivity contribution is 5.91. The lowest BCUT2D eigenvalue weighted by Crippen LogP contribution is -2.30. The maximum Gasteiger partial charge on any atom is 0.275 e. The minimum Gasteiger partial charge on any atom is -0.494 e. The predicted molar refractivity (Wildman–Crippen MR) is 119 cm³/mol. The number of ether oxygens (including phenoxy) is 1. The van der Waals surface area contributed by atoms with Crippen molar-refractivity contribution in [2.24, 2.45) is 0 Å². The Labute approximate surface area is 179 Å². The molecule has 0 fully saturated rings. The second kappa shape index (κ2) is 9.21. The number of pyridine rings is 1. The molecule has 0 saturated carbocycles. The van der Waals surface area contributed by atoms with Crippen LogP contribution < -0.4 is 15.6 Å². The Hall–Kier alpha value is -4.00. The minimum absolute atomic E-state index is 0.184.